The third-order valence-electron chi connectivity index (χ3n) is 3.83. The van der Waals surface area contributed by atoms with Crippen molar-refractivity contribution >= 4 is 68.9 Å². The van der Waals surface area contributed by atoms with E-state index in [-0.39, 0.29) is 5.56 Å². The van der Waals surface area contributed by atoms with Crippen LogP contribution in [0.3, 0.4) is 0 Å². The van der Waals surface area contributed by atoms with Crippen molar-refractivity contribution in [2.24, 2.45) is 0 Å². The molecule has 0 saturated heterocycles. The Labute approximate surface area is 177 Å². The molecular formula is C18H11Cl2N3OS3. The van der Waals surface area contributed by atoms with Gasteiger partial charge in [-0.2, -0.15) is 0 Å². The summed E-state index contributed by atoms with van der Waals surface area (Å²) in [5.41, 5.74) is 2.13. The first-order valence-corrected chi connectivity index (χ1v) is 10.8. The van der Waals surface area contributed by atoms with Gasteiger partial charge in [0.15, 0.2) is 14.8 Å². The predicted molar refractivity (Wildman–Crippen MR) is 116 cm³/mol. The van der Waals surface area contributed by atoms with Crippen LogP contribution in [0.1, 0.15) is 5.56 Å². The number of H-pyrrole nitrogens is 1. The number of aromatic nitrogens is 3. The summed E-state index contributed by atoms with van der Waals surface area (Å²) in [6.07, 6.45) is 0. The van der Waals surface area contributed by atoms with Crippen molar-refractivity contribution < 1.29 is 0 Å². The molecule has 0 aliphatic rings. The molecule has 0 saturated carbocycles. The van der Waals surface area contributed by atoms with Crippen LogP contribution in [0.4, 0.5) is 0 Å². The van der Waals surface area contributed by atoms with Gasteiger partial charge in [-0.1, -0.05) is 64.5 Å². The maximum Gasteiger partial charge on any atom is 0.271 e. The van der Waals surface area contributed by atoms with Crippen LogP contribution in [0.25, 0.3) is 16.0 Å². The fourth-order valence-electron chi connectivity index (χ4n) is 2.54. The van der Waals surface area contributed by atoms with Gasteiger partial charge in [-0.3, -0.25) is 9.36 Å². The summed E-state index contributed by atoms with van der Waals surface area (Å²) in [4.78, 5) is 20.0. The molecule has 27 heavy (non-hydrogen) atoms. The number of nitrogens with zero attached hydrogens (tertiary/aromatic N) is 2. The molecule has 9 heteroatoms. The molecule has 0 radical (unpaired) electrons. The maximum absolute atomic E-state index is 12.5. The fourth-order valence-corrected chi connectivity index (χ4v) is 5.08. The third-order valence-corrected chi connectivity index (χ3v) is 6.73. The summed E-state index contributed by atoms with van der Waals surface area (Å²) in [6, 6.07) is 14.9. The number of thioether (sulfide) groups is 1. The molecule has 0 atom stereocenters. The summed E-state index contributed by atoms with van der Waals surface area (Å²) in [7, 11) is 0. The summed E-state index contributed by atoms with van der Waals surface area (Å²) in [6.45, 7) is 0. The van der Waals surface area contributed by atoms with Crippen molar-refractivity contribution in [1.29, 1.82) is 0 Å². The van der Waals surface area contributed by atoms with Crippen LogP contribution >= 0.6 is 58.5 Å². The van der Waals surface area contributed by atoms with E-state index < -0.39 is 0 Å². The number of hydrogen-bond donors (Lipinski definition) is 1. The van der Waals surface area contributed by atoms with Crippen LogP contribution in [0.15, 0.2) is 58.5 Å². The van der Waals surface area contributed by atoms with Crippen molar-refractivity contribution in [2.75, 3.05) is 0 Å². The summed E-state index contributed by atoms with van der Waals surface area (Å²) in [5.74, 6) is 0.597. The van der Waals surface area contributed by atoms with E-state index in [0.29, 0.717) is 35.3 Å². The molecular weight excluding hydrogens is 441 g/mol. The minimum atomic E-state index is -0.203. The van der Waals surface area contributed by atoms with Gasteiger partial charge in [0.25, 0.3) is 5.56 Å². The average Bonchev–Trinajstić information content (AvgIpc) is 2.98. The maximum atomic E-state index is 12.5. The lowest BCUT2D eigenvalue weighted by Gasteiger charge is -2.06. The van der Waals surface area contributed by atoms with Gasteiger partial charge in [0.2, 0.25) is 0 Å². The van der Waals surface area contributed by atoms with Crippen LogP contribution in [-0.2, 0) is 5.75 Å². The third kappa shape index (κ3) is 3.83. The second kappa shape index (κ2) is 7.77. The zero-order valence-electron chi connectivity index (χ0n) is 13.6. The normalized spacial score (nSPS) is 11.2. The smallest absolute Gasteiger partial charge is 0.271 e. The number of rotatable bonds is 4. The van der Waals surface area contributed by atoms with Crippen molar-refractivity contribution in [3.05, 3.63) is 78.4 Å². The molecule has 0 unspecified atom stereocenters. The molecule has 0 spiro atoms. The zero-order valence-corrected chi connectivity index (χ0v) is 17.6. The number of nitrogens with one attached hydrogen (secondary N) is 1. The first-order chi connectivity index (χ1) is 13.0. The van der Waals surface area contributed by atoms with E-state index in [0.717, 1.165) is 11.3 Å². The number of thiazole rings is 1. The first-order valence-electron chi connectivity index (χ1n) is 7.81. The fraction of sp³-hybridized carbons (Fsp3) is 0.0556. The molecule has 4 aromatic rings. The first kappa shape index (κ1) is 18.7. The van der Waals surface area contributed by atoms with E-state index in [1.807, 2.05) is 36.4 Å². The van der Waals surface area contributed by atoms with Crippen molar-refractivity contribution in [3.8, 4) is 5.69 Å². The Hall–Kier alpha value is -1.64. The van der Waals surface area contributed by atoms with Gasteiger partial charge in [0, 0.05) is 21.5 Å². The molecule has 4 nitrogen and oxygen atoms in total. The van der Waals surface area contributed by atoms with Gasteiger partial charge in [-0.05, 0) is 48.1 Å². The van der Waals surface area contributed by atoms with Crippen LogP contribution in [-0.4, -0.2) is 14.5 Å². The van der Waals surface area contributed by atoms with E-state index in [1.54, 1.807) is 16.7 Å². The van der Waals surface area contributed by atoms with Gasteiger partial charge in [-0.25, -0.2) is 4.98 Å². The van der Waals surface area contributed by atoms with Gasteiger partial charge in [0.05, 0.1) is 0 Å². The van der Waals surface area contributed by atoms with Gasteiger partial charge >= 0.3 is 0 Å². The molecule has 0 amide bonds. The number of halogens is 2. The topological polar surface area (TPSA) is 50.7 Å². The predicted octanol–water partition coefficient (Wildman–Crippen LogP) is 6.10. The Morgan fingerprint density at radius 2 is 1.89 bits per heavy atom. The Bertz CT molecular complexity index is 1250. The summed E-state index contributed by atoms with van der Waals surface area (Å²) >= 11 is 20.3. The highest BCUT2D eigenvalue weighted by atomic mass is 35.5. The molecule has 0 aliphatic carbocycles. The molecule has 2 heterocycles. The molecule has 0 bridgehead atoms. The van der Waals surface area contributed by atoms with Crippen LogP contribution in [0, 0.1) is 3.95 Å². The van der Waals surface area contributed by atoms with Crippen molar-refractivity contribution in [1.82, 2.24) is 14.5 Å². The minimum absolute atomic E-state index is 0.203. The SMILES string of the molecule is O=c1[nH]c(SCc2ccccc2Cl)nc2c1sc(=S)n2-c1ccc(Cl)cc1. The van der Waals surface area contributed by atoms with Gasteiger partial charge < -0.3 is 4.98 Å². The molecule has 0 fully saturated rings. The summed E-state index contributed by atoms with van der Waals surface area (Å²) < 4.78 is 2.84. The monoisotopic (exact) mass is 451 g/mol. The number of hydrogen-bond acceptors (Lipinski definition) is 5. The highest BCUT2D eigenvalue weighted by molar-refractivity contribution is 7.98. The van der Waals surface area contributed by atoms with Crippen LogP contribution in [0.5, 0.6) is 0 Å². The van der Waals surface area contributed by atoms with Crippen LogP contribution < -0.4 is 5.56 Å². The summed E-state index contributed by atoms with van der Waals surface area (Å²) in [5, 5.41) is 1.84. The van der Waals surface area contributed by atoms with E-state index in [9.17, 15) is 4.79 Å². The Morgan fingerprint density at radius 3 is 2.63 bits per heavy atom. The standard InChI is InChI=1S/C18H11Cl2N3OS3/c19-11-5-7-12(8-6-11)23-15-14(27-18(23)25)16(24)22-17(21-15)26-9-10-3-1-2-4-13(10)20/h1-8H,9H2,(H,21,22,24). The molecule has 136 valence electrons. The zero-order chi connectivity index (χ0) is 19.0. The lowest BCUT2D eigenvalue weighted by molar-refractivity contribution is 0.943. The second-order valence-electron chi connectivity index (χ2n) is 5.58. The quantitative estimate of drug-likeness (QED) is 0.231. The van der Waals surface area contributed by atoms with E-state index in [2.05, 4.69) is 9.97 Å². The average molecular weight is 452 g/mol. The van der Waals surface area contributed by atoms with Crippen molar-refractivity contribution in [3.63, 3.8) is 0 Å². The highest BCUT2D eigenvalue weighted by Crippen LogP contribution is 2.28. The molecule has 2 aromatic heterocycles. The lowest BCUT2D eigenvalue weighted by Crippen LogP contribution is -2.09. The Balaban J connectivity index is 1.77. The number of fused-ring (bicyclic) bond motifs is 1. The molecule has 0 aliphatic heterocycles. The number of aromatic amines is 1. The van der Waals surface area contributed by atoms with Crippen LogP contribution in [0.2, 0.25) is 10.0 Å². The van der Waals surface area contributed by atoms with Gasteiger partial charge in [-0.15, -0.1) is 0 Å². The van der Waals surface area contributed by atoms with E-state index in [1.165, 1.54) is 23.1 Å². The largest absolute Gasteiger partial charge is 0.300 e. The van der Waals surface area contributed by atoms with E-state index >= 15 is 0 Å². The Kier molecular flexibility index (Phi) is 5.39. The highest BCUT2D eigenvalue weighted by Gasteiger charge is 2.14. The van der Waals surface area contributed by atoms with E-state index in [4.69, 9.17) is 35.4 Å². The lowest BCUT2D eigenvalue weighted by atomic mass is 10.2. The molecule has 4 rings (SSSR count). The second-order valence-corrected chi connectivity index (χ2v) is 9.04. The Morgan fingerprint density at radius 1 is 1.15 bits per heavy atom. The number of benzene rings is 2. The van der Waals surface area contributed by atoms with Gasteiger partial charge in [0.1, 0.15) is 4.70 Å². The van der Waals surface area contributed by atoms with Crippen molar-refractivity contribution in [2.45, 2.75) is 10.9 Å². The molecule has 1 N–H and O–H groups in total. The molecule has 2 aromatic carbocycles. The minimum Gasteiger partial charge on any atom is -0.300 e.